The molecular formula is C17H26N4O. The van der Waals surface area contributed by atoms with E-state index in [9.17, 15) is 4.79 Å². The van der Waals surface area contributed by atoms with Gasteiger partial charge >= 0.3 is 0 Å². The number of carbonyl (C=O) groups is 1. The van der Waals surface area contributed by atoms with Crippen LogP contribution in [0.5, 0.6) is 0 Å². The fourth-order valence-electron chi connectivity index (χ4n) is 3.59. The van der Waals surface area contributed by atoms with Gasteiger partial charge in [0.15, 0.2) is 0 Å². The zero-order valence-electron chi connectivity index (χ0n) is 13.4. The lowest BCUT2D eigenvalue weighted by Crippen LogP contribution is -2.36. The molecule has 1 amide bonds. The maximum Gasteiger partial charge on any atom is 0.219 e. The molecule has 0 atom stereocenters. The second-order valence-electron chi connectivity index (χ2n) is 6.59. The smallest absolute Gasteiger partial charge is 0.219 e. The summed E-state index contributed by atoms with van der Waals surface area (Å²) >= 11 is 0. The van der Waals surface area contributed by atoms with E-state index in [1.807, 2.05) is 17.3 Å². The largest absolute Gasteiger partial charge is 0.366 e. The van der Waals surface area contributed by atoms with E-state index in [4.69, 9.17) is 4.98 Å². The van der Waals surface area contributed by atoms with Gasteiger partial charge in [-0.2, -0.15) is 0 Å². The van der Waals surface area contributed by atoms with Crippen LogP contribution < -0.4 is 5.32 Å². The molecule has 0 aromatic carbocycles. The molecule has 0 unspecified atom stereocenters. The number of amides is 1. The molecule has 3 rings (SSSR count). The van der Waals surface area contributed by atoms with Gasteiger partial charge in [0.2, 0.25) is 5.91 Å². The summed E-state index contributed by atoms with van der Waals surface area (Å²) in [5, 5.41) is 3.55. The van der Waals surface area contributed by atoms with Gasteiger partial charge in [-0.25, -0.2) is 4.98 Å². The van der Waals surface area contributed by atoms with Crippen LogP contribution >= 0.6 is 0 Å². The number of anilines is 1. The van der Waals surface area contributed by atoms with E-state index in [2.05, 4.69) is 10.3 Å². The van der Waals surface area contributed by atoms with Crippen LogP contribution in [0.15, 0.2) is 12.4 Å². The van der Waals surface area contributed by atoms with Crippen molar-refractivity contribution in [1.82, 2.24) is 14.9 Å². The summed E-state index contributed by atoms with van der Waals surface area (Å²) in [5.41, 5.74) is 1.07. The van der Waals surface area contributed by atoms with Gasteiger partial charge in [0.1, 0.15) is 5.82 Å². The minimum Gasteiger partial charge on any atom is -0.366 e. The molecular weight excluding hydrogens is 276 g/mol. The maximum absolute atomic E-state index is 11.4. The number of likely N-dealkylation sites (tertiary alicyclic amines) is 1. The molecule has 120 valence electrons. The van der Waals surface area contributed by atoms with Crippen molar-refractivity contribution in [1.29, 1.82) is 0 Å². The van der Waals surface area contributed by atoms with E-state index in [1.165, 1.54) is 32.1 Å². The quantitative estimate of drug-likeness (QED) is 0.932. The van der Waals surface area contributed by atoms with Gasteiger partial charge in [0.05, 0.1) is 11.9 Å². The number of nitrogens with zero attached hydrogens (tertiary/aromatic N) is 3. The van der Waals surface area contributed by atoms with Gasteiger partial charge in [-0.15, -0.1) is 0 Å². The minimum absolute atomic E-state index is 0.178. The van der Waals surface area contributed by atoms with Crippen molar-refractivity contribution in [2.75, 3.05) is 18.4 Å². The molecule has 1 aliphatic heterocycles. The first-order chi connectivity index (χ1) is 10.7. The summed E-state index contributed by atoms with van der Waals surface area (Å²) < 4.78 is 0. The average Bonchev–Trinajstić information content (AvgIpc) is 2.56. The highest BCUT2D eigenvalue weighted by Gasteiger charge is 2.23. The highest BCUT2D eigenvalue weighted by atomic mass is 16.2. The minimum atomic E-state index is 0.178. The van der Waals surface area contributed by atoms with E-state index in [0.717, 1.165) is 37.4 Å². The second kappa shape index (κ2) is 7.07. The molecule has 0 spiro atoms. The SMILES string of the molecule is CC(=O)N1CCC(c2cncc(NC3CCCCC3)n2)CC1. The zero-order valence-corrected chi connectivity index (χ0v) is 13.4. The van der Waals surface area contributed by atoms with Crippen molar-refractivity contribution < 1.29 is 4.79 Å². The Bertz CT molecular complexity index is 505. The van der Waals surface area contributed by atoms with Crippen molar-refractivity contribution in [2.24, 2.45) is 0 Å². The fraction of sp³-hybridized carbons (Fsp3) is 0.706. The summed E-state index contributed by atoms with van der Waals surface area (Å²) in [6.07, 6.45) is 12.2. The summed E-state index contributed by atoms with van der Waals surface area (Å²) in [7, 11) is 0. The molecule has 1 aromatic rings. The number of hydrogen-bond donors (Lipinski definition) is 1. The van der Waals surface area contributed by atoms with Crippen molar-refractivity contribution in [3.8, 4) is 0 Å². The number of rotatable bonds is 3. The molecule has 2 fully saturated rings. The topological polar surface area (TPSA) is 58.1 Å². The zero-order chi connectivity index (χ0) is 15.4. The molecule has 22 heavy (non-hydrogen) atoms. The molecule has 0 radical (unpaired) electrons. The van der Waals surface area contributed by atoms with Crippen LogP contribution in [0.1, 0.15) is 63.5 Å². The molecule has 5 nitrogen and oxygen atoms in total. The Kier molecular flexibility index (Phi) is 4.90. The Morgan fingerprint density at radius 3 is 2.55 bits per heavy atom. The van der Waals surface area contributed by atoms with Crippen LogP contribution in [0.3, 0.4) is 0 Å². The average molecular weight is 302 g/mol. The van der Waals surface area contributed by atoms with Gasteiger partial charge in [-0.3, -0.25) is 9.78 Å². The van der Waals surface area contributed by atoms with Crippen LogP contribution in [-0.4, -0.2) is 39.9 Å². The van der Waals surface area contributed by atoms with Crippen molar-refractivity contribution in [2.45, 2.75) is 63.8 Å². The first kappa shape index (κ1) is 15.3. The maximum atomic E-state index is 11.4. The molecule has 0 bridgehead atoms. The molecule has 1 saturated heterocycles. The third-order valence-electron chi connectivity index (χ3n) is 4.97. The van der Waals surface area contributed by atoms with Crippen LogP contribution in [0, 0.1) is 0 Å². The number of piperidine rings is 1. The normalized spacial score (nSPS) is 20.9. The molecule has 2 heterocycles. The number of hydrogen-bond acceptors (Lipinski definition) is 4. The van der Waals surface area contributed by atoms with Crippen LogP contribution in [-0.2, 0) is 4.79 Å². The molecule has 1 N–H and O–H groups in total. The van der Waals surface area contributed by atoms with Gasteiger partial charge < -0.3 is 10.2 Å². The Hall–Kier alpha value is -1.65. The molecule has 1 aromatic heterocycles. The van der Waals surface area contributed by atoms with E-state index >= 15 is 0 Å². The summed E-state index contributed by atoms with van der Waals surface area (Å²) in [5.74, 6) is 1.52. The summed E-state index contributed by atoms with van der Waals surface area (Å²) in [4.78, 5) is 22.5. The second-order valence-corrected chi connectivity index (χ2v) is 6.59. The number of carbonyl (C=O) groups excluding carboxylic acids is 1. The number of aromatic nitrogens is 2. The molecule has 1 aliphatic carbocycles. The Balaban J connectivity index is 1.60. The molecule has 5 heteroatoms. The predicted octanol–water partition coefficient (Wildman–Crippen LogP) is 2.95. The van der Waals surface area contributed by atoms with Crippen molar-refractivity contribution >= 4 is 11.7 Å². The fourth-order valence-corrected chi connectivity index (χ4v) is 3.59. The first-order valence-electron chi connectivity index (χ1n) is 8.56. The third kappa shape index (κ3) is 3.76. The Morgan fingerprint density at radius 1 is 1.14 bits per heavy atom. The third-order valence-corrected chi connectivity index (χ3v) is 4.97. The van der Waals surface area contributed by atoms with E-state index < -0.39 is 0 Å². The van der Waals surface area contributed by atoms with Gasteiger partial charge in [-0.1, -0.05) is 19.3 Å². The van der Waals surface area contributed by atoms with Gasteiger partial charge in [0.25, 0.3) is 0 Å². The van der Waals surface area contributed by atoms with Crippen LogP contribution in [0.2, 0.25) is 0 Å². The van der Waals surface area contributed by atoms with Crippen molar-refractivity contribution in [3.05, 3.63) is 18.1 Å². The lowest BCUT2D eigenvalue weighted by atomic mass is 9.93. The van der Waals surface area contributed by atoms with E-state index in [0.29, 0.717) is 12.0 Å². The van der Waals surface area contributed by atoms with Crippen LogP contribution in [0.25, 0.3) is 0 Å². The molecule has 1 saturated carbocycles. The lowest BCUT2D eigenvalue weighted by molar-refractivity contribution is -0.129. The first-order valence-corrected chi connectivity index (χ1v) is 8.56. The highest BCUT2D eigenvalue weighted by molar-refractivity contribution is 5.73. The standard InChI is InChI=1S/C17H26N4O/c1-13(22)21-9-7-14(8-10-21)16-11-18-12-17(20-16)19-15-5-3-2-4-6-15/h11-12,14-15H,2-10H2,1H3,(H,19,20). The van der Waals surface area contributed by atoms with Gasteiger partial charge in [-0.05, 0) is 25.7 Å². The Morgan fingerprint density at radius 2 is 1.86 bits per heavy atom. The lowest BCUT2D eigenvalue weighted by Gasteiger charge is -2.31. The van der Waals surface area contributed by atoms with Crippen LogP contribution in [0.4, 0.5) is 5.82 Å². The predicted molar refractivity (Wildman–Crippen MR) is 86.8 cm³/mol. The Labute approximate surface area is 132 Å². The van der Waals surface area contributed by atoms with Crippen molar-refractivity contribution in [3.63, 3.8) is 0 Å². The molecule has 2 aliphatic rings. The monoisotopic (exact) mass is 302 g/mol. The van der Waals surface area contributed by atoms with Gasteiger partial charge in [0, 0.05) is 38.2 Å². The van der Waals surface area contributed by atoms with E-state index in [-0.39, 0.29) is 5.91 Å². The number of nitrogens with one attached hydrogen (secondary N) is 1. The highest BCUT2D eigenvalue weighted by Crippen LogP contribution is 2.27. The van der Waals surface area contributed by atoms with E-state index in [1.54, 1.807) is 6.92 Å². The summed E-state index contributed by atoms with van der Waals surface area (Å²) in [6.45, 7) is 3.32. The summed E-state index contributed by atoms with van der Waals surface area (Å²) in [6, 6.07) is 0.554.